The maximum Gasteiger partial charge on any atom is 0.241 e. The molecule has 7 heteroatoms. The number of amides is 3. The fourth-order valence-corrected chi connectivity index (χ4v) is 3.36. The van der Waals surface area contributed by atoms with Gasteiger partial charge in [-0.1, -0.05) is 30.3 Å². The number of benzene rings is 2. The number of para-hydroxylation sites is 3. The van der Waals surface area contributed by atoms with Crippen LogP contribution in [0.2, 0.25) is 0 Å². The summed E-state index contributed by atoms with van der Waals surface area (Å²) in [4.78, 5) is 41.1. The molecule has 2 aromatic carbocycles. The first-order valence-electron chi connectivity index (χ1n) is 9.64. The van der Waals surface area contributed by atoms with Crippen LogP contribution >= 0.6 is 0 Å². The predicted octanol–water partition coefficient (Wildman–Crippen LogP) is 2.71. The van der Waals surface area contributed by atoms with Gasteiger partial charge in [0.05, 0.1) is 24.0 Å². The lowest BCUT2D eigenvalue weighted by Crippen LogP contribution is -2.48. The zero-order valence-electron chi connectivity index (χ0n) is 16.9. The highest BCUT2D eigenvalue weighted by atomic mass is 16.2. The highest BCUT2D eigenvalue weighted by molar-refractivity contribution is 6.05. The van der Waals surface area contributed by atoms with Crippen LogP contribution in [0.4, 0.5) is 17.1 Å². The van der Waals surface area contributed by atoms with Crippen molar-refractivity contribution < 1.29 is 14.4 Å². The van der Waals surface area contributed by atoms with Crippen molar-refractivity contribution in [2.24, 2.45) is 0 Å². The van der Waals surface area contributed by atoms with Gasteiger partial charge < -0.3 is 15.5 Å². The Morgan fingerprint density at radius 2 is 1.83 bits per heavy atom. The molecule has 7 nitrogen and oxygen atoms in total. The summed E-state index contributed by atoms with van der Waals surface area (Å²) >= 11 is 0. The lowest BCUT2D eigenvalue weighted by molar-refractivity contribution is -0.123. The number of anilines is 3. The van der Waals surface area contributed by atoms with Gasteiger partial charge in [0, 0.05) is 18.2 Å². The first-order chi connectivity index (χ1) is 13.9. The molecule has 1 aliphatic heterocycles. The normalized spacial score (nSPS) is 17.2. The highest BCUT2D eigenvalue weighted by Gasteiger charge is 2.31. The van der Waals surface area contributed by atoms with E-state index in [9.17, 15) is 14.4 Å². The summed E-state index contributed by atoms with van der Waals surface area (Å²) in [6, 6.07) is 15.7. The number of fused-ring (bicyclic) bond motifs is 1. The van der Waals surface area contributed by atoms with Gasteiger partial charge in [0.1, 0.15) is 0 Å². The van der Waals surface area contributed by atoms with Gasteiger partial charge in [-0.15, -0.1) is 0 Å². The molecule has 0 saturated carbocycles. The van der Waals surface area contributed by atoms with Crippen molar-refractivity contribution in [1.82, 2.24) is 4.90 Å². The third-order valence-corrected chi connectivity index (χ3v) is 5.09. The molecule has 0 aliphatic carbocycles. The SMILES string of the molecule is C[C@H](C(=O)Nc1ccccc1)N(C)CC(=O)N1c2ccccc2NC(=O)C[C@H]1C. The van der Waals surface area contributed by atoms with Crippen LogP contribution in [-0.2, 0) is 14.4 Å². The molecule has 1 heterocycles. The second-order valence-corrected chi connectivity index (χ2v) is 7.33. The third-order valence-electron chi connectivity index (χ3n) is 5.09. The number of likely N-dealkylation sites (N-methyl/N-ethyl adjacent to an activating group) is 1. The van der Waals surface area contributed by atoms with Gasteiger partial charge in [-0.05, 0) is 45.2 Å². The van der Waals surface area contributed by atoms with Crippen LogP contribution in [0, 0.1) is 0 Å². The molecule has 0 unspecified atom stereocenters. The zero-order valence-corrected chi connectivity index (χ0v) is 16.9. The van der Waals surface area contributed by atoms with Crippen molar-refractivity contribution in [1.29, 1.82) is 0 Å². The molecular weight excluding hydrogens is 368 g/mol. The van der Waals surface area contributed by atoms with Crippen LogP contribution in [0.25, 0.3) is 0 Å². The number of nitrogens with one attached hydrogen (secondary N) is 2. The summed E-state index contributed by atoms with van der Waals surface area (Å²) in [7, 11) is 1.74. The number of carbonyl (C=O) groups excluding carboxylic acids is 3. The topological polar surface area (TPSA) is 81.8 Å². The second-order valence-electron chi connectivity index (χ2n) is 7.33. The molecule has 0 bridgehead atoms. The Labute approximate surface area is 170 Å². The Morgan fingerprint density at radius 3 is 2.55 bits per heavy atom. The fraction of sp³-hybridized carbons (Fsp3) is 0.318. The summed E-state index contributed by atoms with van der Waals surface area (Å²) in [6.07, 6.45) is 0.216. The maximum atomic E-state index is 13.1. The van der Waals surface area contributed by atoms with Crippen molar-refractivity contribution in [3.05, 3.63) is 54.6 Å². The zero-order chi connectivity index (χ0) is 21.0. The van der Waals surface area contributed by atoms with Gasteiger partial charge in [-0.3, -0.25) is 19.3 Å². The van der Waals surface area contributed by atoms with E-state index in [-0.39, 0.29) is 36.7 Å². The molecule has 3 rings (SSSR count). The molecule has 0 aromatic heterocycles. The molecule has 29 heavy (non-hydrogen) atoms. The molecule has 2 N–H and O–H groups in total. The standard InChI is InChI=1S/C22H26N4O3/c1-15-13-20(27)24-18-11-7-8-12-19(18)26(15)21(28)14-25(3)16(2)22(29)23-17-9-5-4-6-10-17/h4-12,15-16H,13-14H2,1-3H3,(H,23,29)(H,24,27)/t15-,16-/m1/s1. The molecule has 0 radical (unpaired) electrons. The first kappa shape index (κ1) is 20.5. The molecule has 0 spiro atoms. The fourth-order valence-electron chi connectivity index (χ4n) is 3.36. The van der Waals surface area contributed by atoms with Crippen LogP contribution in [0.5, 0.6) is 0 Å². The molecular formula is C22H26N4O3. The van der Waals surface area contributed by atoms with Crippen LogP contribution in [-0.4, -0.2) is 48.3 Å². The molecule has 2 aromatic rings. The van der Waals surface area contributed by atoms with Crippen molar-refractivity contribution in [2.75, 3.05) is 29.1 Å². The lowest BCUT2D eigenvalue weighted by atomic mass is 10.1. The minimum atomic E-state index is -0.503. The number of hydrogen-bond donors (Lipinski definition) is 2. The molecule has 1 aliphatic rings. The predicted molar refractivity (Wildman–Crippen MR) is 114 cm³/mol. The Morgan fingerprint density at radius 1 is 1.17 bits per heavy atom. The quantitative estimate of drug-likeness (QED) is 0.817. The van der Waals surface area contributed by atoms with Crippen molar-refractivity contribution in [3.63, 3.8) is 0 Å². The van der Waals surface area contributed by atoms with E-state index >= 15 is 0 Å². The largest absolute Gasteiger partial charge is 0.325 e. The molecule has 3 amide bonds. The van der Waals surface area contributed by atoms with E-state index in [1.807, 2.05) is 55.5 Å². The summed E-state index contributed by atoms with van der Waals surface area (Å²) in [5.74, 6) is -0.472. The molecule has 152 valence electrons. The molecule has 0 fully saturated rings. The third kappa shape index (κ3) is 4.81. The average Bonchev–Trinajstić information content (AvgIpc) is 2.82. The van der Waals surface area contributed by atoms with E-state index in [0.717, 1.165) is 0 Å². The summed E-state index contributed by atoms with van der Waals surface area (Å²) < 4.78 is 0. The molecule has 0 saturated heterocycles. The van der Waals surface area contributed by atoms with Gasteiger partial charge in [-0.2, -0.15) is 0 Å². The maximum absolute atomic E-state index is 13.1. The van der Waals surface area contributed by atoms with Gasteiger partial charge >= 0.3 is 0 Å². The van der Waals surface area contributed by atoms with Gasteiger partial charge in [0.15, 0.2) is 0 Å². The van der Waals surface area contributed by atoms with Gasteiger partial charge in [0.25, 0.3) is 0 Å². The number of hydrogen-bond acceptors (Lipinski definition) is 4. The molecule has 2 atom stereocenters. The van der Waals surface area contributed by atoms with Crippen molar-refractivity contribution >= 4 is 34.8 Å². The Balaban J connectivity index is 1.71. The Hall–Kier alpha value is -3.19. The first-order valence-corrected chi connectivity index (χ1v) is 9.64. The second kappa shape index (κ2) is 8.87. The summed E-state index contributed by atoms with van der Waals surface area (Å²) in [6.45, 7) is 3.66. The van der Waals surface area contributed by atoms with E-state index in [4.69, 9.17) is 0 Å². The van der Waals surface area contributed by atoms with E-state index in [2.05, 4.69) is 10.6 Å². The summed E-state index contributed by atoms with van der Waals surface area (Å²) in [5.41, 5.74) is 2.00. The van der Waals surface area contributed by atoms with Crippen LogP contribution in [0.3, 0.4) is 0 Å². The smallest absolute Gasteiger partial charge is 0.241 e. The van der Waals surface area contributed by atoms with Gasteiger partial charge in [-0.25, -0.2) is 0 Å². The van der Waals surface area contributed by atoms with Crippen molar-refractivity contribution in [3.8, 4) is 0 Å². The van der Waals surface area contributed by atoms with E-state index < -0.39 is 6.04 Å². The number of carbonyl (C=O) groups is 3. The number of rotatable bonds is 5. The van der Waals surface area contributed by atoms with Crippen LogP contribution in [0.1, 0.15) is 20.3 Å². The Bertz CT molecular complexity index is 900. The summed E-state index contributed by atoms with van der Waals surface area (Å²) in [5, 5.41) is 5.70. The van der Waals surface area contributed by atoms with Crippen LogP contribution in [0.15, 0.2) is 54.6 Å². The Kier molecular flexibility index (Phi) is 6.29. The average molecular weight is 394 g/mol. The van der Waals surface area contributed by atoms with Crippen LogP contribution < -0.4 is 15.5 Å². The van der Waals surface area contributed by atoms with E-state index in [1.165, 1.54) is 0 Å². The minimum absolute atomic E-state index is 0.0518. The minimum Gasteiger partial charge on any atom is -0.325 e. The van der Waals surface area contributed by atoms with E-state index in [1.54, 1.807) is 29.8 Å². The van der Waals surface area contributed by atoms with Crippen molar-refractivity contribution in [2.45, 2.75) is 32.4 Å². The monoisotopic (exact) mass is 394 g/mol. The number of nitrogens with zero attached hydrogens (tertiary/aromatic N) is 2. The van der Waals surface area contributed by atoms with Gasteiger partial charge in [0.2, 0.25) is 17.7 Å². The van der Waals surface area contributed by atoms with E-state index in [0.29, 0.717) is 17.1 Å². The lowest BCUT2D eigenvalue weighted by Gasteiger charge is -2.31. The highest BCUT2D eigenvalue weighted by Crippen LogP contribution is 2.31.